The molecule has 120 valence electrons. The number of benzene rings is 2. The fraction of sp³-hybridized carbons (Fsp3) is 0.150. The van der Waals surface area contributed by atoms with Crippen molar-refractivity contribution in [2.45, 2.75) is 6.54 Å². The van der Waals surface area contributed by atoms with E-state index >= 15 is 0 Å². The largest absolute Gasteiger partial charge is 0.497 e. The molecule has 0 bridgehead atoms. The van der Waals surface area contributed by atoms with Gasteiger partial charge in [-0.1, -0.05) is 42.2 Å². The third-order valence-electron chi connectivity index (χ3n) is 3.43. The Morgan fingerprint density at radius 1 is 1.00 bits per heavy atom. The molecule has 0 amide bonds. The van der Waals surface area contributed by atoms with Crippen molar-refractivity contribution in [2.75, 3.05) is 13.7 Å². The molecule has 0 aliphatic rings. The number of hydrogen-bond donors (Lipinski definition) is 0. The molecule has 0 aliphatic heterocycles. The maximum Gasteiger partial charge on any atom is 0.158 e. The molecule has 0 radical (unpaired) electrons. The Labute approximate surface area is 141 Å². The summed E-state index contributed by atoms with van der Waals surface area (Å²) in [6.45, 7) is 1.02. The van der Waals surface area contributed by atoms with Gasteiger partial charge in [-0.05, 0) is 29.8 Å². The number of nitrogens with zero attached hydrogens (tertiary/aromatic N) is 2. The van der Waals surface area contributed by atoms with Gasteiger partial charge in [0.05, 0.1) is 26.0 Å². The summed E-state index contributed by atoms with van der Waals surface area (Å²) in [6.07, 6.45) is 3.57. The maximum atomic E-state index is 5.61. The topological polar surface area (TPSA) is 36.3 Å². The highest BCUT2D eigenvalue weighted by Gasteiger charge is 2.00. The zero-order valence-corrected chi connectivity index (χ0v) is 13.5. The minimum Gasteiger partial charge on any atom is -0.497 e. The van der Waals surface area contributed by atoms with Gasteiger partial charge >= 0.3 is 0 Å². The average Bonchev–Trinajstić information content (AvgIpc) is 3.08. The molecule has 4 heteroatoms. The molecule has 0 spiro atoms. The Morgan fingerprint density at radius 3 is 2.54 bits per heavy atom. The van der Waals surface area contributed by atoms with E-state index in [1.165, 1.54) is 0 Å². The van der Waals surface area contributed by atoms with E-state index in [1.54, 1.807) is 13.3 Å². The molecule has 0 aliphatic carbocycles. The van der Waals surface area contributed by atoms with Crippen LogP contribution in [-0.4, -0.2) is 23.5 Å². The van der Waals surface area contributed by atoms with Gasteiger partial charge in [0, 0.05) is 5.56 Å². The standard InChI is InChI=1S/C20H18N2O2/c1-23-19-11-9-18(10-12-19)15-22-16-20(14-21-22)24-13-5-8-17-6-3-2-4-7-17/h2-4,6-7,9-12,14,16H,13,15H2,1H3. The molecule has 0 fully saturated rings. The highest BCUT2D eigenvalue weighted by atomic mass is 16.5. The summed E-state index contributed by atoms with van der Waals surface area (Å²) in [5.74, 6) is 7.62. The van der Waals surface area contributed by atoms with Crippen molar-refractivity contribution in [3.05, 3.63) is 78.1 Å². The normalized spacial score (nSPS) is 9.88. The lowest BCUT2D eigenvalue weighted by atomic mass is 10.2. The second-order valence-corrected chi connectivity index (χ2v) is 5.18. The number of ether oxygens (including phenoxy) is 2. The predicted molar refractivity (Wildman–Crippen MR) is 93.1 cm³/mol. The minimum atomic E-state index is 0.336. The molecular formula is C20H18N2O2. The van der Waals surface area contributed by atoms with Crippen LogP contribution >= 0.6 is 0 Å². The fourth-order valence-corrected chi connectivity index (χ4v) is 2.20. The molecule has 4 nitrogen and oxygen atoms in total. The van der Waals surface area contributed by atoms with Gasteiger partial charge < -0.3 is 9.47 Å². The van der Waals surface area contributed by atoms with Crippen LogP contribution < -0.4 is 9.47 Å². The quantitative estimate of drug-likeness (QED) is 0.677. The molecule has 0 unspecified atom stereocenters. The van der Waals surface area contributed by atoms with Crippen LogP contribution in [0.1, 0.15) is 11.1 Å². The van der Waals surface area contributed by atoms with Crippen LogP contribution in [0.15, 0.2) is 67.0 Å². The molecule has 24 heavy (non-hydrogen) atoms. The first-order valence-electron chi connectivity index (χ1n) is 7.65. The highest BCUT2D eigenvalue weighted by Crippen LogP contribution is 2.14. The van der Waals surface area contributed by atoms with E-state index in [2.05, 4.69) is 16.9 Å². The van der Waals surface area contributed by atoms with Gasteiger partial charge in [-0.25, -0.2) is 0 Å². The molecule has 1 heterocycles. The second-order valence-electron chi connectivity index (χ2n) is 5.18. The molecule has 0 N–H and O–H groups in total. The Kier molecular flexibility index (Phi) is 5.16. The second kappa shape index (κ2) is 7.89. The summed E-state index contributed by atoms with van der Waals surface area (Å²) in [6, 6.07) is 17.8. The predicted octanol–water partition coefficient (Wildman–Crippen LogP) is 3.37. The monoisotopic (exact) mass is 318 g/mol. The first-order chi connectivity index (χ1) is 11.8. The lowest BCUT2D eigenvalue weighted by Crippen LogP contribution is -1.99. The van der Waals surface area contributed by atoms with E-state index in [0.29, 0.717) is 18.9 Å². The van der Waals surface area contributed by atoms with Crippen molar-refractivity contribution in [1.29, 1.82) is 0 Å². The van der Waals surface area contributed by atoms with Crippen LogP contribution in [0.4, 0.5) is 0 Å². The summed E-state index contributed by atoms with van der Waals surface area (Å²) in [7, 11) is 1.66. The lowest BCUT2D eigenvalue weighted by molar-refractivity contribution is 0.369. The molecule has 0 atom stereocenters. The third kappa shape index (κ3) is 4.40. The summed E-state index contributed by atoms with van der Waals surface area (Å²) < 4.78 is 12.6. The van der Waals surface area contributed by atoms with Crippen molar-refractivity contribution in [3.63, 3.8) is 0 Å². The molecule has 3 rings (SSSR count). The van der Waals surface area contributed by atoms with E-state index in [9.17, 15) is 0 Å². The molecule has 0 saturated carbocycles. The van der Waals surface area contributed by atoms with Crippen molar-refractivity contribution in [1.82, 2.24) is 9.78 Å². The molecular weight excluding hydrogens is 300 g/mol. The van der Waals surface area contributed by atoms with Gasteiger partial charge in [-0.15, -0.1) is 0 Å². The number of methoxy groups -OCH3 is 1. The van der Waals surface area contributed by atoms with E-state index in [0.717, 1.165) is 16.9 Å². The highest BCUT2D eigenvalue weighted by molar-refractivity contribution is 5.33. The molecule has 0 saturated heterocycles. The Bertz CT molecular complexity index is 827. The van der Waals surface area contributed by atoms with E-state index < -0.39 is 0 Å². The maximum absolute atomic E-state index is 5.61. The van der Waals surface area contributed by atoms with Crippen LogP contribution in [-0.2, 0) is 6.54 Å². The average molecular weight is 318 g/mol. The zero-order valence-electron chi connectivity index (χ0n) is 13.5. The third-order valence-corrected chi connectivity index (χ3v) is 3.43. The van der Waals surface area contributed by atoms with Gasteiger partial charge in [-0.2, -0.15) is 5.10 Å². The van der Waals surface area contributed by atoms with Crippen LogP contribution in [0, 0.1) is 11.8 Å². The van der Waals surface area contributed by atoms with Gasteiger partial charge in [0.25, 0.3) is 0 Å². The Balaban J connectivity index is 1.53. The minimum absolute atomic E-state index is 0.336. The summed E-state index contributed by atoms with van der Waals surface area (Å²) >= 11 is 0. The van der Waals surface area contributed by atoms with Crippen LogP contribution in [0.2, 0.25) is 0 Å². The smallest absolute Gasteiger partial charge is 0.158 e. The van der Waals surface area contributed by atoms with Gasteiger partial charge in [0.2, 0.25) is 0 Å². The molecule has 2 aromatic carbocycles. The summed E-state index contributed by atoms with van der Waals surface area (Å²) in [5, 5.41) is 4.30. The number of aromatic nitrogens is 2. The fourth-order valence-electron chi connectivity index (χ4n) is 2.20. The molecule has 3 aromatic rings. The first kappa shape index (κ1) is 15.7. The first-order valence-corrected chi connectivity index (χ1v) is 7.65. The lowest BCUT2D eigenvalue weighted by Gasteiger charge is -2.03. The summed E-state index contributed by atoms with van der Waals surface area (Å²) in [4.78, 5) is 0. The van der Waals surface area contributed by atoms with E-state index in [1.807, 2.05) is 65.5 Å². The van der Waals surface area contributed by atoms with Crippen molar-refractivity contribution in [3.8, 4) is 23.3 Å². The van der Waals surface area contributed by atoms with E-state index in [-0.39, 0.29) is 0 Å². The van der Waals surface area contributed by atoms with Crippen molar-refractivity contribution < 1.29 is 9.47 Å². The van der Waals surface area contributed by atoms with Crippen LogP contribution in [0.5, 0.6) is 11.5 Å². The Morgan fingerprint density at radius 2 is 1.79 bits per heavy atom. The number of rotatable bonds is 5. The van der Waals surface area contributed by atoms with Gasteiger partial charge in [-0.3, -0.25) is 4.68 Å². The van der Waals surface area contributed by atoms with E-state index in [4.69, 9.17) is 9.47 Å². The van der Waals surface area contributed by atoms with Gasteiger partial charge in [0.1, 0.15) is 12.4 Å². The van der Waals surface area contributed by atoms with Crippen LogP contribution in [0.3, 0.4) is 0 Å². The van der Waals surface area contributed by atoms with Crippen LogP contribution in [0.25, 0.3) is 0 Å². The number of hydrogen-bond acceptors (Lipinski definition) is 3. The summed E-state index contributed by atoms with van der Waals surface area (Å²) in [5.41, 5.74) is 2.13. The molecule has 1 aromatic heterocycles. The Hall–Kier alpha value is -3.19. The van der Waals surface area contributed by atoms with Crippen molar-refractivity contribution in [2.24, 2.45) is 0 Å². The zero-order chi connectivity index (χ0) is 16.6. The SMILES string of the molecule is COc1ccc(Cn2cc(OCC#Cc3ccccc3)cn2)cc1. The van der Waals surface area contributed by atoms with Gasteiger partial charge in [0.15, 0.2) is 5.75 Å². The van der Waals surface area contributed by atoms with Crippen molar-refractivity contribution >= 4 is 0 Å².